The molecule has 0 fully saturated rings. The highest BCUT2D eigenvalue weighted by molar-refractivity contribution is 7.71. The molecule has 0 radical (unpaired) electrons. The number of aromatic nitrogens is 2. The summed E-state index contributed by atoms with van der Waals surface area (Å²) in [5.74, 6) is 1.40. The number of aromatic amines is 1. The number of ether oxygens (including phenoxy) is 2. The maximum Gasteiger partial charge on any atom is 0.251 e. The van der Waals surface area contributed by atoms with Crippen LogP contribution in [-0.4, -0.2) is 22.8 Å². The van der Waals surface area contributed by atoms with Crippen LogP contribution in [0, 0.1) is 4.77 Å². The standard InChI is InChI=1S/C14H16N2O3S/c1-3-18-10-5-6-12(19-4-2)11(9-10)16-8-7-13(17)15-14(16)20/h5-9H,3-4H2,1-2H3,(H,15,17,20). The zero-order valence-electron chi connectivity index (χ0n) is 11.4. The van der Waals surface area contributed by atoms with Crippen LogP contribution >= 0.6 is 12.2 Å². The number of hydrogen-bond acceptors (Lipinski definition) is 4. The Balaban J connectivity index is 2.59. The topological polar surface area (TPSA) is 56.2 Å². The molecule has 0 amide bonds. The Morgan fingerprint density at radius 1 is 1.20 bits per heavy atom. The predicted octanol–water partition coefficient (Wildman–Crippen LogP) is 2.69. The average Bonchev–Trinajstić information content (AvgIpc) is 2.41. The quantitative estimate of drug-likeness (QED) is 0.861. The summed E-state index contributed by atoms with van der Waals surface area (Å²) < 4.78 is 13.1. The van der Waals surface area contributed by atoms with Gasteiger partial charge in [0.15, 0.2) is 4.77 Å². The Bertz CT molecular complexity index is 706. The first-order chi connectivity index (χ1) is 9.65. The molecule has 6 heteroatoms. The summed E-state index contributed by atoms with van der Waals surface area (Å²) in [5, 5.41) is 0. The van der Waals surface area contributed by atoms with E-state index >= 15 is 0 Å². The Morgan fingerprint density at radius 3 is 2.60 bits per heavy atom. The lowest BCUT2D eigenvalue weighted by atomic mass is 10.2. The molecule has 2 rings (SSSR count). The minimum Gasteiger partial charge on any atom is -0.494 e. The normalized spacial score (nSPS) is 10.3. The summed E-state index contributed by atoms with van der Waals surface area (Å²) >= 11 is 5.18. The average molecular weight is 292 g/mol. The molecule has 0 aliphatic heterocycles. The summed E-state index contributed by atoms with van der Waals surface area (Å²) in [6.07, 6.45) is 1.62. The van der Waals surface area contributed by atoms with Gasteiger partial charge in [0, 0.05) is 18.3 Å². The molecule has 5 nitrogen and oxygen atoms in total. The molecule has 1 aromatic heterocycles. The largest absolute Gasteiger partial charge is 0.494 e. The van der Waals surface area contributed by atoms with Crippen molar-refractivity contribution in [2.45, 2.75) is 13.8 Å². The number of benzene rings is 1. The van der Waals surface area contributed by atoms with Gasteiger partial charge in [-0.05, 0) is 38.2 Å². The molecule has 1 N–H and O–H groups in total. The zero-order chi connectivity index (χ0) is 14.5. The minimum atomic E-state index is -0.231. The molecule has 0 spiro atoms. The van der Waals surface area contributed by atoms with Crippen LogP contribution in [0.15, 0.2) is 35.3 Å². The van der Waals surface area contributed by atoms with Gasteiger partial charge in [-0.2, -0.15) is 0 Å². The predicted molar refractivity (Wildman–Crippen MR) is 79.6 cm³/mol. The van der Waals surface area contributed by atoms with Crippen molar-refractivity contribution in [3.05, 3.63) is 45.6 Å². The van der Waals surface area contributed by atoms with Gasteiger partial charge in [-0.3, -0.25) is 14.3 Å². The van der Waals surface area contributed by atoms with Crippen molar-refractivity contribution in [3.8, 4) is 17.2 Å². The summed E-state index contributed by atoms with van der Waals surface area (Å²) in [4.78, 5) is 13.8. The second-order valence-corrected chi connectivity index (χ2v) is 4.36. The van der Waals surface area contributed by atoms with Crippen LogP contribution < -0.4 is 15.0 Å². The monoisotopic (exact) mass is 292 g/mol. The van der Waals surface area contributed by atoms with Gasteiger partial charge >= 0.3 is 0 Å². The van der Waals surface area contributed by atoms with Crippen molar-refractivity contribution in [2.75, 3.05) is 13.2 Å². The zero-order valence-corrected chi connectivity index (χ0v) is 12.2. The Labute approximate surface area is 121 Å². The van der Waals surface area contributed by atoms with E-state index in [0.717, 1.165) is 11.4 Å². The lowest BCUT2D eigenvalue weighted by Gasteiger charge is -2.14. The van der Waals surface area contributed by atoms with Gasteiger partial charge in [-0.25, -0.2) is 0 Å². The third-order valence-electron chi connectivity index (χ3n) is 2.62. The molecule has 0 saturated heterocycles. The van der Waals surface area contributed by atoms with Crippen molar-refractivity contribution < 1.29 is 9.47 Å². The molecular weight excluding hydrogens is 276 g/mol. The van der Waals surface area contributed by atoms with Gasteiger partial charge in [-0.15, -0.1) is 0 Å². The van der Waals surface area contributed by atoms with Gasteiger partial charge in [0.05, 0.1) is 18.9 Å². The van der Waals surface area contributed by atoms with E-state index in [1.165, 1.54) is 6.07 Å². The van der Waals surface area contributed by atoms with E-state index in [2.05, 4.69) is 4.98 Å². The molecule has 0 atom stereocenters. The van der Waals surface area contributed by atoms with Crippen molar-refractivity contribution in [1.29, 1.82) is 0 Å². The van der Waals surface area contributed by atoms with Crippen LogP contribution in [0.25, 0.3) is 5.69 Å². The Hall–Kier alpha value is -2.08. The first-order valence-corrected chi connectivity index (χ1v) is 6.78. The molecule has 2 aromatic rings. The molecule has 0 unspecified atom stereocenters. The van der Waals surface area contributed by atoms with Crippen LogP contribution in [0.4, 0.5) is 0 Å². The smallest absolute Gasteiger partial charge is 0.251 e. The highest BCUT2D eigenvalue weighted by Gasteiger charge is 2.08. The first kappa shape index (κ1) is 14.3. The van der Waals surface area contributed by atoms with Crippen LogP contribution in [0.2, 0.25) is 0 Å². The third-order valence-corrected chi connectivity index (χ3v) is 2.92. The van der Waals surface area contributed by atoms with E-state index in [4.69, 9.17) is 21.7 Å². The van der Waals surface area contributed by atoms with Gasteiger partial charge < -0.3 is 9.47 Å². The summed E-state index contributed by atoms with van der Waals surface area (Å²) in [6.45, 7) is 4.94. The highest BCUT2D eigenvalue weighted by Crippen LogP contribution is 2.27. The molecule has 0 saturated carbocycles. The van der Waals surface area contributed by atoms with Crippen molar-refractivity contribution in [3.63, 3.8) is 0 Å². The number of nitrogens with zero attached hydrogens (tertiary/aromatic N) is 1. The van der Waals surface area contributed by atoms with E-state index in [0.29, 0.717) is 23.7 Å². The van der Waals surface area contributed by atoms with E-state index < -0.39 is 0 Å². The third kappa shape index (κ3) is 3.08. The fourth-order valence-electron chi connectivity index (χ4n) is 1.83. The SMILES string of the molecule is CCOc1ccc(OCC)c(-n2ccc(=O)[nH]c2=S)c1. The lowest BCUT2D eigenvalue weighted by molar-refractivity contribution is 0.329. The van der Waals surface area contributed by atoms with Crippen LogP contribution in [0.1, 0.15) is 13.8 Å². The van der Waals surface area contributed by atoms with Crippen LogP contribution in [0.5, 0.6) is 11.5 Å². The van der Waals surface area contributed by atoms with Crippen LogP contribution in [-0.2, 0) is 0 Å². The van der Waals surface area contributed by atoms with Crippen molar-refractivity contribution in [2.24, 2.45) is 0 Å². The number of rotatable bonds is 5. The first-order valence-electron chi connectivity index (χ1n) is 6.37. The van der Waals surface area contributed by atoms with Gasteiger partial charge in [0.25, 0.3) is 5.56 Å². The maximum atomic E-state index is 11.3. The van der Waals surface area contributed by atoms with Crippen molar-refractivity contribution >= 4 is 12.2 Å². The molecule has 1 aromatic carbocycles. The minimum absolute atomic E-state index is 0.231. The molecule has 20 heavy (non-hydrogen) atoms. The van der Waals surface area contributed by atoms with E-state index in [-0.39, 0.29) is 5.56 Å². The van der Waals surface area contributed by atoms with Gasteiger partial charge in [-0.1, -0.05) is 0 Å². The summed E-state index contributed by atoms with van der Waals surface area (Å²) in [7, 11) is 0. The van der Waals surface area contributed by atoms with E-state index in [1.54, 1.807) is 10.8 Å². The molecule has 106 valence electrons. The highest BCUT2D eigenvalue weighted by atomic mass is 32.1. The van der Waals surface area contributed by atoms with Gasteiger partial charge in [0.2, 0.25) is 0 Å². The fraction of sp³-hybridized carbons (Fsp3) is 0.286. The second-order valence-electron chi connectivity index (χ2n) is 3.98. The molecular formula is C14H16N2O3S. The van der Waals surface area contributed by atoms with Crippen LogP contribution in [0.3, 0.4) is 0 Å². The Kier molecular flexibility index (Phi) is 4.57. The molecule has 1 heterocycles. The fourth-order valence-corrected chi connectivity index (χ4v) is 2.09. The molecule has 0 bridgehead atoms. The van der Waals surface area contributed by atoms with Gasteiger partial charge in [0.1, 0.15) is 11.5 Å². The Morgan fingerprint density at radius 2 is 1.95 bits per heavy atom. The second kappa shape index (κ2) is 6.38. The number of nitrogens with one attached hydrogen (secondary N) is 1. The molecule has 0 aliphatic carbocycles. The number of H-pyrrole nitrogens is 1. The summed E-state index contributed by atoms with van der Waals surface area (Å²) in [5.41, 5.74) is 0.504. The van der Waals surface area contributed by atoms with E-state index in [1.807, 2.05) is 32.0 Å². The van der Waals surface area contributed by atoms with Crippen molar-refractivity contribution in [1.82, 2.24) is 9.55 Å². The van der Waals surface area contributed by atoms with E-state index in [9.17, 15) is 4.79 Å². The lowest BCUT2D eigenvalue weighted by Crippen LogP contribution is -2.11. The number of hydrogen-bond donors (Lipinski definition) is 1. The summed E-state index contributed by atoms with van der Waals surface area (Å²) in [6, 6.07) is 6.92. The maximum absolute atomic E-state index is 11.3. The molecule has 0 aliphatic rings.